The molecule has 1 atom stereocenters. The molecule has 0 aliphatic carbocycles. The molecule has 1 aromatic carbocycles. The summed E-state index contributed by atoms with van der Waals surface area (Å²) in [6.45, 7) is 2.63. The average Bonchev–Trinajstić information content (AvgIpc) is 2.24. The number of amides is 1. The van der Waals surface area contributed by atoms with Gasteiger partial charge in [-0.2, -0.15) is 0 Å². The van der Waals surface area contributed by atoms with Crippen LogP contribution >= 0.6 is 23.2 Å². The standard InChI is InChI=1S/C11H13Cl2NO/c1-2-6-14-11(15)10(13)8-4-3-5-9(12)7-8/h3-5,7,10H,2,6H2,1H3,(H,14,15). The molecule has 0 fully saturated rings. The maximum atomic E-state index is 11.5. The van der Waals surface area contributed by atoms with Crippen molar-refractivity contribution in [1.82, 2.24) is 5.32 Å². The maximum absolute atomic E-state index is 11.5. The molecule has 4 heteroatoms. The second kappa shape index (κ2) is 5.99. The number of alkyl halides is 1. The Bertz CT molecular complexity index is 341. The summed E-state index contributed by atoms with van der Waals surface area (Å²) in [7, 11) is 0. The van der Waals surface area contributed by atoms with Crippen molar-refractivity contribution < 1.29 is 4.79 Å². The fourth-order valence-corrected chi connectivity index (χ4v) is 1.57. The van der Waals surface area contributed by atoms with E-state index in [2.05, 4.69) is 5.32 Å². The minimum Gasteiger partial charge on any atom is -0.355 e. The van der Waals surface area contributed by atoms with Gasteiger partial charge in [0.05, 0.1) is 0 Å². The minimum absolute atomic E-state index is 0.180. The highest BCUT2D eigenvalue weighted by Gasteiger charge is 2.16. The first-order chi connectivity index (χ1) is 7.15. The van der Waals surface area contributed by atoms with Crippen LogP contribution in [0.2, 0.25) is 5.02 Å². The Kier molecular flexibility index (Phi) is 4.92. The molecule has 1 aromatic rings. The van der Waals surface area contributed by atoms with Gasteiger partial charge in [-0.05, 0) is 24.1 Å². The zero-order chi connectivity index (χ0) is 11.3. The van der Waals surface area contributed by atoms with E-state index in [-0.39, 0.29) is 5.91 Å². The Morgan fingerprint density at radius 2 is 2.27 bits per heavy atom. The third-order valence-corrected chi connectivity index (χ3v) is 2.61. The van der Waals surface area contributed by atoms with E-state index in [0.29, 0.717) is 11.6 Å². The molecule has 2 nitrogen and oxygen atoms in total. The average molecular weight is 246 g/mol. The number of nitrogens with one attached hydrogen (secondary N) is 1. The van der Waals surface area contributed by atoms with Crippen molar-refractivity contribution in [2.75, 3.05) is 6.54 Å². The quantitative estimate of drug-likeness (QED) is 0.812. The summed E-state index contributed by atoms with van der Waals surface area (Å²) in [5.41, 5.74) is 0.720. The van der Waals surface area contributed by atoms with Crippen molar-refractivity contribution in [1.29, 1.82) is 0 Å². The fraction of sp³-hybridized carbons (Fsp3) is 0.364. The predicted octanol–water partition coefficient (Wildman–Crippen LogP) is 3.15. The van der Waals surface area contributed by atoms with E-state index in [9.17, 15) is 4.79 Å². The van der Waals surface area contributed by atoms with Crippen molar-refractivity contribution in [3.05, 3.63) is 34.9 Å². The van der Waals surface area contributed by atoms with Gasteiger partial charge in [0, 0.05) is 11.6 Å². The van der Waals surface area contributed by atoms with Crippen LogP contribution in [0.1, 0.15) is 24.3 Å². The van der Waals surface area contributed by atoms with Crippen molar-refractivity contribution in [2.45, 2.75) is 18.7 Å². The number of benzene rings is 1. The van der Waals surface area contributed by atoms with E-state index in [0.717, 1.165) is 12.0 Å². The van der Waals surface area contributed by atoms with E-state index in [1.165, 1.54) is 0 Å². The first-order valence-electron chi connectivity index (χ1n) is 4.82. The van der Waals surface area contributed by atoms with Gasteiger partial charge in [-0.1, -0.05) is 30.7 Å². The molecule has 0 radical (unpaired) electrons. The van der Waals surface area contributed by atoms with Gasteiger partial charge < -0.3 is 5.32 Å². The summed E-state index contributed by atoms with van der Waals surface area (Å²) in [6, 6.07) is 7.01. The first-order valence-corrected chi connectivity index (χ1v) is 5.64. The summed E-state index contributed by atoms with van der Waals surface area (Å²) in [5.74, 6) is -0.180. The van der Waals surface area contributed by atoms with Gasteiger partial charge >= 0.3 is 0 Å². The van der Waals surface area contributed by atoms with Gasteiger partial charge in [-0.15, -0.1) is 11.6 Å². The van der Waals surface area contributed by atoms with Crippen molar-refractivity contribution >= 4 is 29.1 Å². The van der Waals surface area contributed by atoms with Gasteiger partial charge in [0.2, 0.25) is 5.91 Å². The van der Waals surface area contributed by atoms with Gasteiger partial charge in [0.25, 0.3) is 0 Å². The number of carbonyl (C=O) groups excluding carboxylic acids is 1. The normalized spacial score (nSPS) is 12.2. The number of hydrogen-bond acceptors (Lipinski definition) is 1. The van der Waals surface area contributed by atoms with Crippen LogP contribution in [0.3, 0.4) is 0 Å². The zero-order valence-electron chi connectivity index (χ0n) is 8.47. The Balaban J connectivity index is 2.67. The van der Waals surface area contributed by atoms with Crippen molar-refractivity contribution in [3.8, 4) is 0 Å². The molecular weight excluding hydrogens is 233 g/mol. The first kappa shape index (κ1) is 12.3. The van der Waals surface area contributed by atoms with Gasteiger partial charge in [0.15, 0.2) is 0 Å². The van der Waals surface area contributed by atoms with E-state index < -0.39 is 5.38 Å². The largest absolute Gasteiger partial charge is 0.355 e. The van der Waals surface area contributed by atoms with Crippen LogP contribution in [0.15, 0.2) is 24.3 Å². The molecule has 0 aliphatic rings. The lowest BCUT2D eigenvalue weighted by Gasteiger charge is -2.10. The van der Waals surface area contributed by atoms with Gasteiger partial charge in [0.1, 0.15) is 5.38 Å². The highest BCUT2D eigenvalue weighted by atomic mass is 35.5. The number of hydrogen-bond donors (Lipinski definition) is 1. The third kappa shape index (κ3) is 3.73. The molecular formula is C11H13Cl2NO. The lowest BCUT2D eigenvalue weighted by molar-refractivity contribution is -0.120. The van der Waals surface area contributed by atoms with Crippen LogP contribution in [0.5, 0.6) is 0 Å². The van der Waals surface area contributed by atoms with E-state index >= 15 is 0 Å². The van der Waals surface area contributed by atoms with Crippen LogP contribution in [0.4, 0.5) is 0 Å². The predicted molar refractivity (Wildman–Crippen MR) is 63.3 cm³/mol. The molecule has 1 unspecified atom stereocenters. The highest BCUT2D eigenvalue weighted by molar-refractivity contribution is 6.32. The lowest BCUT2D eigenvalue weighted by atomic mass is 10.1. The van der Waals surface area contributed by atoms with E-state index in [1.54, 1.807) is 24.3 Å². The number of halogens is 2. The molecule has 1 amide bonds. The Hall–Kier alpha value is -0.730. The van der Waals surface area contributed by atoms with E-state index in [4.69, 9.17) is 23.2 Å². The van der Waals surface area contributed by atoms with Crippen LogP contribution in [0, 0.1) is 0 Å². The highest BCUT2D eigenvalue weighted by Crippen LogP contribution is 2.23. The number of rotatable bonds is 4. The molecule has 0 saturated carbocycles. The second-order valence-electron chi connectivity index (χ2n) is 3.21. The SMILES string of the molecule is CCCNC(=O)C(Cl)c1cccc(Cl)c1. The Morgan fingerprint density at radius 1 is 1.53 bits per heavy atom. The molecule has 1 rings (SSSR count). The van der Waals surface area contributed by atoms with Crippen LogP contribution in [-0.4, -0.2) is 12.5 Å². The molecule has 15 heavy (non-hydrogen) atoms. The smallest absolute Gasteiger partial charge is 0.242 e. The maximum Gasteiger partial charge on any atom is 0.242 e. The Morgan fingerprint density at radius 3 is 2.87 bits per heavy atom. The molecule has 0 aliphatic heterocycles. The molecule has 82 valence electrons. The summed E-state index contributed by atoms with van der Waals surface area (Å²) in [6.07, 6.45) is 0.894. The number of carbonyl (C=O) groups is 1. The lowest BCUT2D eigenvalue weighted by Crippen LogP contribution is -2.27. The molecule has 0 aromatic heterocycles. The summed E-state index contributed by atoms with van der Waals surface area (Å²) in [5, 5.41) is 2.65. The molecule has 0 bridgehead atoms. The topological polar surface area (TPSA) is 29.1 Å². The second-order valence-corrected chi connectivity index (χ2v) is 4.08. The van der Waals surface area contributed by atoms with Crippen LogP contribution < -0.4 is 5.32 Å². The minimum atomic E-state index is -0.671. The monoisotopic (exact) mass is 245 g/mol. The molecule has 0 saturated heterocycles. The van der Waals surface area contributed by atoms with Crippen LogP contribution in [-0.2, 0) is 4.79 Å². The van der Waals surface area contributed by atoms with Gasteiger partial charge in [-0.3, -0.25) is 4.79 Å². The molecule has 0 spiro atoms. The molecule has 0 heterocycles. The zero-order valence-corrected chi connectivity index (χ0v) is 9.98. The third-order valence-electron chi connectivity index (χ3n) is 1.92. The summed E-state index contributed by atoms with van der Waals surface area (Å²) >= 11 is 11.8. The van der Waals surface area contributed by atoms with Gasteiger partial charge in [-0.25, -0.2) is 0 Å². The molecule has 1 N–H and O–H groups in total. The fourth-order valence-electron chi connectivity index (χ4n) is 1.15. The summed E-state index contributed by atoms with van der Waals surface area (Å²) < 4.78 is 0. The van der Waals surface area contributed by atoms with Crippen molar-refractivity contribution in [2.24, 2.45) is 0 Å². The van der Waals surface area contributed by atoms with Crippen LogP contribution in [0.25, 0.3) is 0 Å². The van der Waals surface area contributed by atoms with Crippen molar-refractivity contribution in [3.63, 3.8) is 0 Å². The van der Waals surface area contributed by atoms with E-state index in [1.807, 2.05) is 6.92 Å². The Labute approximate surface area is 99.6 Å². The summed E-state index contributed by atoms with van der Waals surface area (Å²) in [4.78, 5) is 11.5.